The number of hydrogen-bond donors (Lipinski definition) is 2. The second-order valence-corrected chi connectivity index (χ2v) is 6.87. The smallest absolute Gasteiger partial charge is 0.307 e. The first-order valence-corrected chi connectivity index (χ1v) is 7.49. The van der Waals surface area contributed by atoms with Crippen LogP contribution in [0.15, 0.2) is 30.3 Å². The number of rotatable bonds is 7. The lowest BCUT2D eigenvalue weighted by Gasteiger charge is -2.69. The minimum Gasteiger partial charge on any atom is -0.481 e. The Hall–Kier alpha value is -1.68. The number of aliphatic carboxylic acids is 1. The maximum Gasteiger partial charge on any atom is 0.307 e. The molecule has 4 nitrogen and oxygen atoms in total. The van der Waals surface area contributed by atoms with Crippen LogP contribution in [0.2, 0.25) is 0 Å². The van der Waals surface area contributed by atoms with Crippen LogP contribution in [0, 0.1) is 16.7 Å². The second kappa shape index (κ2) is 4.95. The fourth-order valence-electron chi connectivity index (χ4n) is 4.10. The fourth-order valence-corrected chi connectivity index (χ4v) is 4.10. The standard InChI is InChI=1S/C17H21NO3/c18-11-16-8-17(9-16,10-16)14(19)7-13(15(20)21)6-12-4-2-1-3-5-12/h1-5,13H,6-11,18H2,(H,20,21). The first kappa shape index (κ1) is 14.3. The lowest BCUT2D eigenvalue weighted by Crippen LogP contribution is -2.68. The predicted molar refractivity (Wildman–Crippen MR) is 78.7 cm³/mol. The summed E-state index contributed by atoms with van der Waals surface area (Å²) in [7, 11) is 0. The van der Waals surface area contributed by atoms with Crippen molar-refractivity contribution in [3.05, 3.63) is 35.9 Å². The van der Waals surface area contributed by atoms with Crippen LogP contribution in [0.4, 0.5) is 0 Å². The molecule has 0 saturated heterocycles. The fraction of sp³-hybridized carbons (Fsp3) is 0.529. The van der Waals surface area contributed by atoms with Gasteiger partial charge in [-0.15, -0.1) is 0 Å². The van der Waals surface area contributed by atoms with Crippen molar-refractivity contribution in [3.8, 4) is 0 Å². The molecule has 0 heterocycles. The summed E-state index contributed by atoms with van der Waals surface area (Å²) in [6.07, 6.45) is 3.16. The number of carbonyl (C=O) groups is 2. The van der Waals surface area contributed by atoms with Crippen LogP contribution in [0.5, 0.6) is 0 Å². The highest BCUT2D eigenvalue weighted by atomic mass is 16.4. The lowest BCUT2D eigenvalue weighted by molar-refractivity contribution is -0.201. The average Bonchev–Trinajstić information content (AvgIpc) is 2.36. The Labute approximate surface area is 124 Å². The van der Waals surface area contributed by atoms with Gasteiger partial charge in [0.15, 0.2) is 0 Å². The number of benzene rings is 1. The quantitative estimate of drug-likeness (QED) is 0.804. The maximum atomic E-state index is 12.4. The van der Waals surface area contributed by atoms with Gasteiger partial charge in [0.05, 0.1) is 5.92 Å². The molecule has 0 aliphatic heterocycles. The van der Waals surface area contributed by atoms with Gasteiger partial charge in [0.25, 0.3) is 0 Å². The predicted octanol–water partition coefficient (Wildman–Crippen LogP) is 2.02. The molecule has 4 rings (SSSR count). The molecule has 0 radical (unpaired) electrons. The average molecular weight is 287 g/mol. The van der Waals surface area contributed by atoms with Crippen molar-refractivity contribution in [3.63, 3.8) is 0 Å². The van der Waals surface area contributed by atoms with Crippen molar-refractivity contribution in [2.24, 2.45) is 22.5 Å². The van der Waals surface area contributed by atoms with Crippen LogP contribution in [-0.4, -0.2) is 23.4 Å². The van der Waals surface area contributed by atoms with Crippen molar-refractivity contribution >= 4 is 11.8 Å². The zero-order valence-electron chi connectivity index (χ0n) is 12.0. The molecule has 1 aromatic carbocycles. The Kier molecular flexibility index (Phi) is 3.36. The lowest BCUT2D eigenvalue weighted by atomic mass is 9.33. The van der Waals surface area contributed by atoms with Crippen LogP contribution in [0.25, 0.3) is 0 Å². The molecule has 112 valence electrons. The molecule has 0 aromatic heterocycles. The van der Waals surface area contributed by atoms with E-state index in [-0.39, 0.29) is 23.0 Å². The van der Waals surface area contributed by atoms with Crippen LogP contribution >= 0.6 is 0 Å². The number of nitrogens with two attached hydrogens (primary N) is 1. The van der Waals surface area contributed by atoms with Crippen LogP contribution in [-0.2, 0) is 16.0 Å². The number of ketones is 1. The summed E-state index contributed by atoms with van der Waals surface area (Å²) in [4.78, 5) is 23.9. The summed E-state index contributed by atoms with van der Waals surface area (Å²) >= 11 is 0. The van der Waals surface area contributed by atoms with E-state index in [0.29, 0.717) is 13.0 Å². The maximum absolute atomic E-state index is 12.4. The monoisotopic (exact) mass is 287 g/mol. The van der Waals surface area contributed by atoms with Crippen LogP contribution in [0.1, 0.15) is 31.2 Å². The summed E-state index contributed by atoms with van der Waals surface area (Å²) < 4.78 is 0. The third kappa shape index (κ3) is 2.38. The Morgan fingerprint density at radius 1 is 1.19 bits per heavy atom. The topological polar surface area (TPSA) is 80.4 Å². The summed E-state index contributed by atoms with van der Waals surface area (Å²) in [5.41, 5.74) is 6.65. The van der Waals surface area contributed by atoms with E-state index in [4.69, 9.17) is 5.73 Å². The van der Waals surface area contributed by atoms with Crippen molar-refractivity contribution in [2.75, 3.05) is 6.54 Å². The van der Waals surface area contributed by atoms with E-state index >= 15 is 0 Å². The van der Waals surface area contributed by atoms with Gasteiger partial charge in [-0.2, -0.15) is 0 Å². The zero-order valence-corrected chi connectivity index (χ0v) is 12.0. The molecular weight excluding hydrogens is 266 g/mol. The molecule has 2 bridgehead atoms. The Bertz CT molecular complexity index is 547. The molecule has 3 N–H and O–H groups in total. The number of carboxylic acids is 1. The van der Waals surface area contributed by atoms with Crippen molar-refractivity contribution in [2.45, 2.75) is 32.1 Å². The molecule has 4 heteroatoms. The highest BCUT2D eigenvalue weighted by Gasteiger charge is 2.69. The van der Waals surface area contributed by atoms with Crippen molar-refractivity contribution in [1.29, 1.82) is 0 Å². The minimum atomic E-state index is -0.882. The third-order valence-corrected chi connectivity index (χ3v) is 5.27. The highest BCUT2D eigenvalue weighted by Crippen LogP contribution is 2.73. The van der Waals surface area contributed by atoms with E-state index < -0.39 is 11.9 Å². The highest BCUT2D eigenvalue weighted by molar-refractivity contribution is 5.91. The van der Waals surface area contributed by atoms with Gasteiger partial charge >= 0.3 is 5.97 Å². The van der Waals surface area contributed by atoms with Gasteiger partial charge in [0.2, 0.25) is 0 Å². The van der Waals surface area contributed by atoms with E-state index in [0.717, 1.165) is 24.8 Å². The number of hydrogen-bond acceptors (Lipinski definition) is 3. The normalized spacial score (nSPS) is 30.9. The van der Waals surface area contributed by atoms with Gasteiger partial charge < -0.3 is 10.8 Å². The van der Waals surface area contributed by atoms with E-state index in [1.165, 1.54) is 0 Å². The van der Waals surface area contributed by atoms with E-state index in [1.807, 2.05) is 30.3 Å². The Morgan fingerprint density at radius 2 is 1.81 bits per heavy atom. The number of carbonyl (C=O) groups excluding carboxylic acids is 1. The first-order valence-electron chi connectivity index (χ1n) is 7.49. The van der Waals surface area contributed by atoms with Gasteiger partial charge in [-0.1, -0.05) is 30.3 Å². The molecule has 3 fully saturated rings. The van der Waals surface area contributed by atoms with Crippen LogP contribution < -0.4 is 5.73 Å². The van der Waals surface area contributed by atoms with Crippen molar-refractivity contribution in [1.82, 2.24) is 0 Å². The van der Waals surface area contributed by atoms with Gasteiger partial charge in [0.1, 0.15) is 5.78 Å². The van der Waals surface area contributed by atoms with E-state index in [2.05, 4.69) is 0 Å². The second-order valence-electron chi connectivity index (χ2n) is 6.87. The molecule has 0 amide bonds. The summed E-state index contributed by atoms with van der Waals surface area (Å²) in [5, 5.41) is 9.38. The molecule has 1 unspecified atom stereocenters. The van der Waals surface area contributed by atoms with Crippen molar-refractivity contribution < 1.29 is 14.7 Å². The molecule has 1 atom stereocenters. The first-order chi connectivity index (χ1) is 9.99. The Balaban J connectivity index is 1.61. The minimum absolute atomic E-state index is 0.126. The summed E-state index contributed by atoms with van der Waals surface area (Å²) in [6, 6.07) is 9.50. The molecular formula is C17H21NO3. The van der Waals surface area contributed by atoms with E-state index in [1.54, 1.807) is 0 Å². The van der Waals surface area contributed by atoms with Gasteiger partial charge in [-0.05, 0) is 43.2 Å². The molecule has 21 heavy (non-hydrogen) atoms. The summed E-state index contributed by atoms with van der Waals surface area (Å²) in [6.45, 7) is 0.647. The van der Waals surface area contributed by atoms with Gasteiger partial charge in [-0.3, -0.25) is 9.59 Å². The Morgan fingerprint density at radius 3 is 2.33 bits per heavy atom. The molecule has 1 aromatic rings. The summed E-state index contributed by atoms with van der Waals surface area (Å²) in [5.74, 6) is -1.38. The molecule has 3 saturated carbocycles. The van der Waals surface area contributed by atoms with Gasteiger partial charge in [-0.25, -0.2) is 0 Å². The third-order valence-electron chi connectivity index (χ3n) is 5.27. The molecule has 3 aliphatic carbocycles. The molecule has 0 spiro atoms. The van der Waals surface area contributed by atoms with E-state index in [9.17, 15) is 14.7 Å². The zero-order chi connectivity index (χ0) is 15.1. The number of Topliss-reactive ketones (excluding diaryl/α,β-unsaturated/α-hetero) is 1. The largest absolute Gasteiger partial charge is 0.481 e. The number of carboxylic acid groups (broad SMARTS) is 1. The van der Waals surface area contributed by atoms with Crippen LogP contribution in [0.3, 0.4) is 0 Å². The SMILES string of the molecule is NCC12CC(C(=O)CC(Cc3ccccc3)C(=O)O)(C1)C2. The van der Waals surface area contributed by atoms with Gasteiger partial charge in [0, 0.05) is 11.8 Å². The molecule has 3 aliphatic rings.